The van der Waals surface area contributed by atoms with Crippen LogP contribution >= 0.6 is 22.9 Å². The number of carbonyl (C=O) groups is 2. The molecule has 148 valence electrons. The van der Waals surface area contributed by atoms with E-state index < -0.39 is 0 Å². The van der Waals surface area contributed by atoms with E-state index in [1.807, 2.05) is 58.8 Å². The van der Waals surface area contributed by atoms with Crippen LogP contribution in [0.2, 0.25) is 5.02 Å². The molecule has 5 nitrogen and oxygen atoms in total. The number of hydrogen-bond donors (Lipinski definition) is 0. The van der Waals surface area contributed by atoms with Crippen LogP contribution in [0.5, 0.6) is 0 Å². The van der Waals surface area contributed by atoms with E-state index in [0.717, 1.165) is 29.3 Å². The second-order valence-corrected chi connectivity index (χ2v) is 8.22. The Hall–Kier alpha value is -2.70. The normalized spacial score (nSPS) is 14.1. The predicted octanol–water partition coefficient (Wildman–Crippen LogP) is 4.63. The first-order chi connectivity index (χ1) is 14.0. The van der Waals surface area contributed by atoms with Crippen LogP contribution < -0.4 is 4.90 Å². The molecule has 0 radical (unpaired) electrons. The molecular formula is C22H20ClN3O2S. The minimum atomic E-state index is -0.0342. The average Bonchev–Trinajstić information content (AvgIpc) is 3.24. The second-order valence-electron chi connectivity index (χ2n) is 6.93. The Balaban J connectivity index is 1.39. The molecule has 0 bridgehead atoms. The van der Waals surface area contributed by atoms with Crippen LogP contribution in [-0.2, 0) is 0 Å². The van der Waals surface area contributed by atoms with E-state index in [2.05, 4.69) is 9.88 Å². The zero-order valence-electron chi connectivity index (χ0n) is 16.0. The summed E-state index contributed by atoms with van der Waals surface area (Å²) in [6.45, 7) is 4.34. The number of carbonyl (C=O) groups excluding carboxylic acids is 2. The van der Waals surface area contributed by atoms with Crippen LogP contribution in [0.4, 0.5) is 5.69 Å². The molecule has 0 aliphatic carbocycles. The third-order valence-corrected chi connectivity index (χ3v) is 6.16. The van der Waals surface area contributed by atoms with Crippen LogP contribution in [-0.4, -0.2) is 47.8 Å². The summed E-state index contributed by atoms with van der Waals surface area (Å²) in [4.78, 5) is 32.9. The minimum absolute atomic E-state index is 0.0342. The summed E-state index contributed by atoms with van der Waals surface area (Å²) in [5.74, 6) is 0.0289. The van der Waals surface area contributed by atoms with Gasteiger partial charge in [-0.1, -0.05) is 23.7 Å². The van der Waals surface area contributed by atoms with E-state index in [1.165, 1.54) is 11.3 Å². The molecule has 7 heteroatoms. The number of Topliss-reactive ketones (excluding diaryl/α,β-unsaturated/α-hetero) is 1. The van der Waals surface area contributed by atoms with Crippen LogP contribution in [0, 0.1) is 0 Å². The first kappa shape index (κ1) is 19.6. The van der Waals surface area contributed by atoms with Crippen LogP contribution in [0.3, 0.4) is 0 Å². The van der Waals surface area contributed by atoms with Gasteiger partial charge in [-0.15, -0.1) is 11.3 Å². The molecule has 1 amide bonds. The third kappa shape index (κ3) is 4.33. The average molecular weight is 426 g/mol. The Labute approximate surface area is 178 Å². The zero-order valence-corrected chi connectivity index (χ0v) is 17.5. The summed E-state index contributed by atoms with van der Waals surface area (Å²) >= 11 is 7.40. The topological polar surface area (TPSA) is 53.5 Å². The highest BCUT2D eigenvalue weighted by Gasteiger charge is 2.24. The van der Waals surface area contributed by atoms with Gasteiger partial charge in [-0.2, -0.15) is 0 Å². The van der Waals surface area contributed by atoms with Gasteiger partial charge in [0.05, 0.1) is 0 Å². The standard InChI is InChI=1S/C22H20ClN3O2S/c1-15(27)16-4-8-19(9-5-16)25-10-12-26(13-11-25)22(28)20-14-29-21(24-20)17-2-6-18(23)7-3-17/h2-9,14H,10-13H2,1H3. The van der Waals surface area contributed by atoms with Crippen molar-refractivity contribution in [1.29, 1.82) is 0 Å². The molecule has 0 saturated carbocycles. The summed E-state index contributed by atoms with van der Waals surface area (Å²) in [5, 5.41) is 3.31. The fourth-order valence-electron chi connectivity index (χ4n) is 3.33. The largest absolute Gasteiger partial charge is 0.368 e. The molecule has 0 atom stereocenters. The van der Waals surface area contributed by atoms with Crippen molar-refractivity contribution in [1.82, 2.24) is 9.88 Å². The molecule has 1 aliphatic rings. The van der Waals surface area contributed by atoms with Gasteiger partial charge in [-0.25, -0.2) is 4.98 Å². The SMILES string of the molecule is CC(=O)c1ccc(N2CCN(C(=O)c3csc(-c4ccc(Cl)cc4)n3)CC2)cc1. The number of halogens is 1. The van der Waals surface area contributed by atoms with Gasteiger partial charge in [0.15, 0.2) is 5.78 Å². The third-order valence-electron chi connectivity index (χ3n) is 5.02. The number of benzene rings is 2. The highest BCUT2D eigenvalue weighted by atomic mass is 35.5. The van der Waals surface area contributed by atoms with E-state index in [9.17, 15) is 9.59 Å². The number of nitrogens with zero attached hydrogens (tertiary/aromatic N) is 3. The van der Waals surface area contributed by atoms with Crippen molar-refractivity contribution in [2.45, 2.75) is 6.92 Å². The van der Waals surface area contributed by atoms with E-state index in [1.54, 1.807) is 6.92 Å². The van der Waals surface area contributed by atoms with Crippen molar-refractivity contribution in [2.24, 2.45) is 0 Å². The van der Waals surface area contributed by atoms with Gasteiger partial charge in [0.25, 0.3) is 5.91 Å². The maximum Gasteiger partial charge on any atom is 0.273 e. The van der Waals surface area contributed by atoms with Gasteiger partial charge in [0.1, 0.15) is 10.7 Å². The van der Waals surface area contributed by atoms with Crippen molar-refractivity contribution in [3.05, 3.63) is 70.2 Å². The van der Waals surface area contributed by atoms with Gasteiger partial charge in [0.2, 0.25) is 0 Å². The Bertz CT molecular complexity index is 1020. The van der Waals surface area contributed by atoms with Crippen molar-refractivity contribution >= 4 is 40.3 Å². The molecule has 1 aliphatic heterocycles. The highest BCUT2D eigenvalue weighted by Crippen LogP contribution is 2.26. The van der Waals surface area contributed by atoms with Crippen LogP contribution in [0.1, 0.15) is 27.8 Å². The number of anilines is 1. The fraction of sp³-hybridized carbons (Fsp3) is 0.227. The molecule has 0 unspecified atom stereocenters. The Morgan fingerprint density at radius 3 is 2.24 bits per heavy atom. The molecular weight excluding hydrogens is 406 g/mol. The smallest absolute Gasteiger partial charge is 0.273 e. The van der Waals surface area contributed by atoms with Gasteiger partial charge >= 0.3 is 0 Å². The highest BCUT2D eigenvalue weighted by molar-refractivity contribution is 7.13. The Kier molecular flexibility index (Phi) is 5.65. The Morgan fingerprint density at radius 1 is 0.966 bits per heavy atom. The van der Waals surface area contributed by atoms with E-state index in [0.29, 0.717) is 29.4 Å². The first-order valence-corrected chi connectivity index (χ1v) is 10.6. The molecule has 1 aromatic heterocycles. The van der Waals surface area contributed by atoms with Crippen LogP contribution in [0.15, 0.2) is 53.9 Å². The number of aromatic nitrogens is 1. The summed E-state index contributed by atoms with van der Waals surface area (Å²) in [6.07, 6.45) is 0. The lowest BCUT2D eigenvalue weighted by atomic mass is 10.1. The molecule has 1 fully saturated rings. The van der Waals surface area contributed by atoms with Gasteiger partial charge in [0, 0.05) is 53.4 Å². The molecule has 2 aromatic carbocycles. The number of thiazole rings is 1. The summed E-state index contributed by atoms with van der Waals surface area (Å²) in [6, 6.07) is 15.1. The summed E-state index contributed by atoms with van der Waals surface area (Å²) < 4.78 is 0. The molecule has 2 heterocycles. The van der Waals surface area contributed by atoms with Crippen molar-refractivity contribution in [2.75, 3.05) is 31.1 Å². The number of ketones is 1. The quantitative estimate of drug-likeness (QED) is 0.572. The number of hydrogen-bond acceptors (Lipinski definition) is 5. The number of rotatable bonds is 4. The predicted molar refractivity (Wildman–Crippen MR) is 117 cm³/mol. The molecule has 0 spiro atoms. The molecule has 0 N–H and O–H groups in total. The van der Waals surface area contributed by atoms with Crippen molar-refractivity contribution in [3.8, 4) is 10.6 Å². The summed E-state index contributed by atoms with van der Waals surface area (Å²) in [7, 11) is 0. The summed E-state index contributed by atoms with van der Waals surface area (Å²) in [5.41, 5.74) is 3.22. The minimum Gasteiger partial charge on any atom is -0.368 e. The second kappa shape index (κ2) is 8.35. The van der Waals surface area contributed by atoms with Crippen molar-refractivity contribution < 1.29 is 9.59 Å². The molecule has 3 aromatic rings. The number of amides is 1. The van der Waals surface area contributed by atoms with Gasteiger partial charge in [-0.05, 0) is 43.3 Å². The lowest BCUT2D eigenvalue weighted by Crippen LogP contribution is -2.48. The lowest BCUT2D eigenvalue weighted by Gasteiger charge is -2.35. The number of piperazine rings is 1. The molecule has 1 saturated heterocycles. The maximum atomic E-state index is 12.9. The fourth-order valence-corrected chi connectivity index (χ4v) is 4.26. The van der Waals surface area contributed by atoms with Gasteiger partial charge < -0.3 is 9.80 Å². The Morgan fingerprint density at radius 2 is 1.62 bits per heavy atom. The van der Waals surface area contributed by atoms with Crippen molar-refractivity contribution in [3.63, 3.8) is 0 Å². The first-order valence-electron chi connectivity index (χ1n) is 9.38. The zero-order chi connectivity index (χ0) is 20.4. The van der Waals surface area contributed by atoms with E-state index >= 15 is 0 Å². The maximum absolute atomic E-state index is 12.9. The van der Waals surface area contributed by atoms with Crippen LogP contribution in [0.25, 0.3) is 10.6 Å². The van der Waals surface area contributed by atoms with E-state index in [4.69, 9.17) is 11.6 Å². The molecule has 29 heavy (non-hydrogen) atoms. The monoisotopic (exact) mass is 425 g/mol. The van der Waals surface area contributed by atoms with Gasteiger partial charge in [-0.3, -0.25) is 9.59 Å². The lowest BCUT2D eigenvalue weighted by molar-refractivity contribution is 0.0741. The van der Waals surface area contributed by atoms with E-state index in [-0.39, 0.29) is 11.7 Å². The molecule has 4 rings (SSSR count).